The van der Waals surface area contributed by atoms with Crippen molar-refractivity contribution in [3.63, 3.8) is 0 Å². The summed E-state index contributed by atoms with van der Waals surface area (Å²) in [6, 6.07) is 9.14. The number of anilines is 1. The van der Waals surface area contributed by atoms with Crippen LogP contribution in [0, 0.1) is 11.3 Å². The number of aliphatic hydroxyl groups is 1. The first-order valence-corrected chi connectivity index (χ1v) is 5.52. The number of ether oxygens (including phenoxy) is 1. The summed E-state index contributed by atoms with van der Waals surface area (Å²) in [5, 5.41) is 21.4. The van der Waals surface area contributed by atoms with Crippen molar-refractivity contribution in [2.75, 3.05) is 11.9 Å². The lowest BCUT2D eigenvalue weighted by Gasteiger charge is -2.27. The first kappa shape index (κ1) is 13.3. The second kappa shape index (κ2) is 5.55. The van der Waals surface area contributed by atoms with Crippen molar-refractivity contribution in [3.8, 4) is 11.8 Å². The van der Waals surface area contributed by atoms with Crippen LogP contribution in [0.1, 0.15) is 20.8 Å². The van der Waals surface area contributed by atoms with Gasteiger partial charge in [-0.25, -0.2) is 0 Å². The van der Waals surface area contributed by atoms with Crippen LogP contribution in [0.5, 0.6) is 5.75 Å². The zero-order valence-corrected chi connectivity index (χ0v) is 10.4. The highest BCUT2D eigenvalue weighted by atomic mass is 16.5. The van der Waals surface area contributed by atoms with Crippen molar-refractivity contribution in [2.24, 2.45) is 0 Å². The maximum absolute atomic E-state index is 9.79. The fourth-order valence-corrected chi connectivity index (χ4v) is 1.19. The monoisotopic (exact) mass is 234 g/mol. The fourth-order valence-electron chi connectivity index (χ4n) is 1.19. The normalized spacial score (nSPS) is 12.6. The maximum atomic E-state index is 9.79. The van der Waals surface area contributed by atoms with E-state index < -0.39 is 5.60 Å². The molecule has 0 fully saturated rings. The first-order valence-electron chi connectivity index (χ1n) is 5.52. The third kappa shape index (κ3) is 4.33. The van der Waals surface area contributed by atoms with Gasteiger partial charge in [-0.15, -0.1) is 0 Å². The van der Waals surface area contributed by atoms with Gasteiger partial charge in [0.25, 0.3) is 0 Å². The van der Waals surface area contributed by atoms with Gasteiger partial charge in [0, 0.05) is 5.69 Å². The summed E-state index contributed by atoms with van der Waals surface area (Å²) in [7, 11) is 0. The van der Waals surface area contributed by atoms with Gasteiger partial charge in [0.05, 0.1) is 11.6 Å². The molecule has 0 bridgehead atoms. The largest absolute Gasteiger partial charge is 0.479 e. The Labute approximate surface area is 102 Å². The van der Waals surface area contributed by atoms with E-state index in [2.05, 4.69) is 5.32 Å². The van der Waals surface area contributed by atoms with Crippen LogP contribution in [0.25, 0.3) is 0 Å². The molecule has 0 aliphatic heterocycles. The van der Waals surface area contributed by atoms with E-state index in [0.717, 1.165) is 5.69 Å². The molecule has 17 heavy (non-hydrogen) atoms. The lowest BCUT2D eigenvalue weighted by atomic mass is 10.0. The number of rotatable bonds is 5. The lowest BCUT2D eigenvalue weighted by molar-refractivity contribution is 0.0649. The molecular formula is C13H18N2O2. The highest BCUT2D eigenvalue weighted by Gasteiger charge is 2.21. The minimum atomic E-state index is -0.782. The molecule has 1 rings (SSSR count). The molecule has 0 saturated carbocycles. The standard InChI is InChI=1S/C13H18N2O2/c1-10(13(2,3)16)15-11-4-6-12(7-5-11)17-9-8-14/h4-7,10,15-16H,9H2,1-3H3. The molecule has 4 heteroatoms. The van der Waals surface area contributed by atoms with Gasteiger partial charge in [0.15, 0.2) is 6.61 Å². The van der Waals surface area contributed by atoms with Crippen LogP contribution in [-0.4, -0.2) is 23.4 Å². The van der Waals surface area contributed by atoms with Crippen LogP contribution in [0.15, 0.2) is 24.3 Å². The number of hydrogen-bond acceptors (Lipinski definition) is 4. The average molecular weight is 234 g/mol. The van der Waals surface area contributed by atoms with Gasteiger partial charge in [-0.05, 0) is 45.0 Å². The van der Waals surface area contributed by atoms with Gasteiger partial charge >= 0.3 is 0 Å². The third-order valence-electron chi connectivity index (χ3n) is 2.60. The van der Waals surface area contributed by atoms with Crippen molar-refractivity contribution in [1.82, 2.24) is 0 Å². The summed E-state index contributed by atoms with van der Waals surface area (Å²) in [6.45, 7) is 5.48. The van der Waals surface area contributed by atoms with Crippen molar-refractivity contribution >= 4 is 5.69 Å². The summed E-state index contributed by atoms with van der Waals surface area (Å²) in [4.78, 5) is 0. The van der Waals surface area contributed by atoms with Crippen LogP contribution >= 0.6 is 0 Å². The van der Waals surface area contributed by atoms with E-state index in [4.69, 9.17) is 10.00 Å². The zero-order chi connectivity index (χ0) is 12.9. The Hall–Kier alpha value is -1.73. The summed E-state index contributed by atoms with van der Waals surface area (Å²) < 4.78 is 5.14. The van der Waals surface area contributed by atoms with E-state index in [1.165, 1.54) is 0 Å². The van der Waals surface area contributed by atoms with Gasteiger partial charge in [0.2, 0.25) is 0 Å². The lowest BCUT2D eigenvalue weighted by Crippen LogP contribution is -2.39. The first-order chi connectivity index (χ1) is 7.93. The molecule has 4 nitrogen and oxygen atoms in total. The van der Waals surface area contributed by atoms with Crippen LogP contribution in [0.4, 0.5) is 5.69 Å². The molecule has 0 aromatic heterocycles. The molecule has 0 spiro atoms. The molecule has 0 amide bonds. The van der Waals surface area contributed by atoms with E-state index in [1.807, 2.05) is 25.1 Å². The van der Waals surface area contributed by atoms with Gasteiger partial charge in [-0.2, -0.15) is 5.26 Å². The van der Waals surface area contributed by atoms with Gasteiger partial charge in [-0.1, -0.05) is 0 Å². The molecule has 1 atom stereocenters. The minimum Gasteiger partial charge on any atom is -0.479 e. The Morgan fingerprint density at radius 3 is 2.47 bits per heavy atom. The Kier molecular flexibility index (Phi) is 4.36. The van der Waals surface area contributed by atoms with Crippen molar-refractivity contribution in [2.45, 2.75) is 32.4 Å². The Morgan fingerprint density at radius 2 is 2.00 bits per heavy atom. The SMILES string of the molecule is CC(Nc1ccc(OCC#N)cc1)C(C)(C)O. The van der Waals surface area contributed by atoms with Crippen LogP contribution < -0.4 is 10.1 Å². The summed E-state index contributed by atoms with van der Waals surface area (Å²) in [5.41, 5.74) is 0.125. The average Bonchev–Trinajstić information content (AvgIpc) is 2.27. The fraction of sp³-hybridized carbons (Fsp3) is 0.462. The molecular weight excluding hydrogens is 216 g/mol. The molecule has 1 aromatic carbocycles. The van der Waals surface area contributed by atoms with Crippen molar-refractivity contribution < 1.29 is 9.84 Å². The molecule has 0 radical (unpaired) electrons. The van der Waals surface area contributed by atoms with Gasteiger partial charge in [-0.3, -0.25) is 0 Å². The summed E-state index contributed by atoms with van der Waals surface area (Å²) in [6.07, 6.45) is 0. The summed E-state index contributed by atoms with van der Waals surface area (Å²) >= 11 is 0. The predicted octanol–water partition coefficient (Wildman–Crippen LogP) is 2.16. The minimum absolute atomic E-state index is 0.0485. The molecule has 1 aromatic rings. The molecule has 0 aliphatic carbocycles. The van der Waals surface area contributed by atoms with Crippen LogP contribution in [0.2, 0.25) is 0 Å². The van der Waals surface area contributed by atoms with Crippen LogP contribution in [-0.2, 0) is 0 Å². The number of nitrogens with zero attached hydrogens (tertiary/aromatic N) is 1. The number of nitrogens with one attached hydrogen (secondary N) is 1. The Balaban J connectivity index is 2.60. The highest BCUT2D eigenvalue weighted by molar-refractivity contribution is 5.47. The van der Waals surface area contributed by atoms with E-state index in [9.17, 15) is 5.11 Å². The smallest absolute Gasteiger partial charge is 0.174 e. The summed E-state index contributed by atoms with van der Waals surface area (Å²) in [5.74, 6) is 0.660. The highest BCUT2D eigenvalue weighted by Crippen LogP contribution is 2.19. The van der Waals surface area contributed by atoms with Gasteiger partial charge in [0.1, 0.15) is 11.8 Å². The molecule has 0 aliphatic rings. The van der Waals surface area contributed by atoms with E-state index in [-0.39, 0.29) is 12.6 Å². The second-order valence-corrected chi connectivity index (χ2v) is 4.49. The van der Waals surface area contributed by atoms with Crippen LogP contribution in [0.3, 0.4) is 0 Å². The van der Waals surface area contributed by atoms with E-state index in [0.29, 0.717) is 5.75 Å². The van der Waals surface area contributed by atoms with Gasteiger partial charge < -0.3 is 15.2 Å². The zero-order valence-electron chi connectivity index (χ0n) is 10.4. The second-order valence-electron chi connectivity index (χ2n) is 4.49. The molecule has 0 heterocycles. The van der Waals surface area contributed by atoms with Crippen molar-refractivity contribution in [1.29, 1.82) is 5.26 Å². The third-order valence-corrected chi connectivity index (χ3v) is 2.60. The Bertz CT molecular complexity index is 387. The topological polar surface area (TPSA) is 65.3 Å². The Morgan fingerprint density at radius 1 is 1.41 bits per heavy atom. The number of nitriles is 1. The van der Waals surface area contributed by atoms with Crippen molar-refractivity contribution in [3.05, 3.63) is 24.3 Å². The quantitative estimate of drug-likeness (QED) is 0.819. The molecule has 0 saturated heterocycles. The van der Waals surface area contributed by atoms with E-state index in [1.54, 1.807) is 26.0 Å². The predicted molar refractivity (Wildman–Crippen MR) is 66.9 cm³/mol. The molecule has 1 unspecified atom stereocenters. The number of hydrogen-bond donors (Lipinski definition) is 2. The molecule has 92 valence electrons. The number of benzene rings is 1. The maximum Gasteiger partial charge on any atom is 0.174 e. The molecule has 2 N–H and O–H groups in total. The van der Waals surface area contributed by atoms with E-state index >= 15 is 0 Å².